The Morgan fingerprint density at radius 1 is 0.882 bits per heavy atom. The molecule has 3 fully saturated rings. The number of hydrogen-bond acceptors (Lipinski definition) is 13. The van der Waals surface area contributed by atoms with Gasteiger partial charge in [0.1, 0.15) is 18.6 Å². The van der Waals surface area contributed by atoms with Crippen LogP contribution in [-0.4, -0.2) is 123 Å². The maximum atomic E-state index is 12.9. The molecule has 3 heterocycles. The van der Waals surface area contributed by atoms with E-state index in [4.69, 9.17) is 51.5 Å². The van der Waals surface area contributed by atoms with Gasteiger partial charge in [-0.2, -0.15) is 0 Å². The second-order valence-corrected chi connectivity index (χ2v) is 31.6. The van der Waals surface area contributed by atoms with Crippen molar-refractivity contribution in [3.8, 4) is 5.75 Å². The zero-order chi connectivity index (χ0) is 50.7. The molecule has 13 nitrogen and oxygen atoms in total. The van der Waals surface area contributed by atoms with E-state index < -0.39 is 58.6 Å². The summed E-state index contributed by atoms with van der Waals surface area (Å²) < 4.78 is 71.0. The highest BCUT2D eigenvalue weighted by Crippen LogP contribution is 2.49. The van der Waals surface area contributed by atoms with Crippen molar-refractivity contribution in [3.63, 3.8) is 0 Å². The van der Waals surface area contributed by atoms with Gasteiger partial charge in [0.25, 0.3) is 0 Å². The minimum absolute atomic E-state index is 0.0740. The molecule has 68 heavy (non-hydrogen) atoms. The number of ether oxygens (including phenoxy) is 9. The Morgan fingerprint density at radius 3 is 1.99 bits per heavy atom. The fourth-order valence-electron chi connectivity index (χ4n) is 10.4. The van der Waals surface area contributed by atoms with Crippen molar-refractivity contribution >= 4 is 22.6 Å². The van der Waals surface area contributed by atoms with E-state index in [2.05, 4.69) is 75.4 Å². The number of methoxy groups -OCH3 is 3. The van der Waals surface area contributed by atoms with Gasteiger partial charge >= 0.3 is 5.97 Å². The standard InChI is InChI=1S/C53H94O13Si2/c1-18-68(19-2,20-3)65-44(47(54)40(8)43(26-21-38(6)50(55)58-15)59-34-41-22-24-42(57-14)25-23-41)31-39(7)48(66-67(16,17)51(9,10)11)45-29-36(4)32-53(63-45)33-37(5)30-46(64-53)49(60-35-56-13)52(12)61-27-28-62-52/h21-25,36-37,39-40,43-49,54H,18-20,26-35H2,1-17H3/b38-21-/t36-,37+,39-,40-,43-,44+,45-,46-,47+,48-,49+,53-/m0/s1. The molecule has 0 unspecified atom stereocenters. The van der Waals surface area contributed by atoms with Crippen LogP contribution in [0.3, 0.4) is 0 Å². The summed E-state index contributed by atoms with van der Waals surface area (Å²) in [5.74, 6) is -1.43. The second kappa shape index (κ2) is 25.8. The first-order valence-corrected chi connectivity index (χ1v) is 31.1. The van der Waals surface area contributed by atoms with E-state index >= 15 is 0 Å². The molecule has 3 aliphatic rings. The summed E-state index contributed by atoms with van der Waals surface area (Å²) in [7, 11) is -0.0430. The monoisotopic (exact) mass is 995 g/mol. The molecule has 0 aromatic heterocycles. The Hall–Kier alpha value is -1.74. The highest BCUT2D eigenvalue weighted by molar-refractivity contribution is 6.74. The molecule has 4 rings (SSSR count). The summed E-state index contributed by atoms with van der Waals surface area (Å²) in [5, 5.41) is 12.8. The van der Waals surface area contributed by atoms with Crippen LogP contribution in [0.2, 0.25) is 36.3 Å². The summed E-state index contributed by atoms with van der Waals surface area (Å²) in [6.45, 7) is 32.1. The van der Waals surface area contributed by atoms with Crippen molar-refractivity contribution in [2.75, 3.05) is 41.3 Å². The number of rotatable bonds is 26. The third-order valence-electron chi connectivity index (χ3n) is 15.8. The van der Waals surface area contributed by atoms with Crippen molar-refractivity contribution in [2.45, 2.75) is 219 Å². The van der Waals surface area contributed by atoms with Gasteiger partial charge in [0.2, 0.25) is 0 Å². The average molecular weight is 995 g/mol. The summed E-state index contributed by atoms with van der Waals surface area (Å²) in [4.78, 5) is 12.5. The van der Waals surface area contributed by atoms with Crippen LogP contribution in [0.4, 0.5) is 0 Å². The fraction of sp³-hybridized carbons (Fsp3) is 0.830. The number of carbonyl (C=O) groups excluding carboxylic acids is 1. The van der Waals surface area contributed by atoms with Crippen LogP contribution in [0.5, 0.6) is 5.75 Å². The van der Waals surface area contributed by atoms with E-state index in [0.29, 0.717) is 38.2 Å². The molecule has 1 spiro atoms. The molecular weight excluding hydrogens is 901 g/mol. The van der Waals surface area contributed by atoms with E-state index in [-0.39, 0.29) is 53.8 Å². The molecule has 0 saturated carbocycles. The highest BCUT2D eigenvalue weighted by atomic mass is 28.4. The molecule has 12 atom stereocenters. The van der Waals surface area contributed by atoms with Gasteiger partial charge in [0.15, 0.2) is 28.2 Å². The zero-order valence-electron chi connectivity index (χ0n) is 45.3. The van der Waals surface area contributed by atoms with Crippen LogP contribution in [-0.2, 0) is 58.1 Å². The quantitative estimate of drug-likeness (QED) is 0.0408. The minimum atomic E-state index is -2.41. The van der Waals surface area contributed by atoms with E-state index in [9.17, 15) is 9.90 Å². The molecular formula is C53H94O13Si2. The third-order valence-corrected chi connectivity index (χ3v) is 24.9. The number of hydrogen-bond donors (Lipinski definition) is 1. The summed E-state index contributed by atoms with van der Waals surface area (Å²) in [5.41, 5.74) is 1.46. The Kier molecular flexibility index (Phi) is 22.3. The maximum absolute atomic E-state index is 12.9. The molecule has 1 N–H and O–H groups in total. The molecule has 3 saturated heterocycles. The number of aliphatic hydroxyl groups is 1. The first kappa shape index (κ1) is 58.8. The van der Waals surface area contributed by atoms with Crippen LogP contribution in [0.25, 0.3) is 0 Å². The molecule has 3 aliphatic heterocycles. The second-order valence-electron chi connectivity index (χ2n) is 22.1. The topological polar surface area (TPSA) is 139 Å². The Bertz CT molecular complexity index is 1680. The Labute approximate surface area is 413 Å². The lowest BCUT2D eigenvalue weighted by molar-refractivity contribution is -0.367. The van der Waals surface area contributed by atoms with Crippen molar-refractivity contribution in [3.05, 3.63) is 41.5 Å². The van der Waals surface area contributed by atoms with Crippen LogP contribution in [0.1, 0.15) is 127 Å². The normalized spacial score (nSPS) is 27.0. The maximum Gasteiger partial charge on any atom is 0.333 e. The van der Waals surface area contributed by atoms with Crippen LogP contribution < -0.4 is 4.74 Å². The number of carbonyl (C=O) groups is 1. The SMILES string of the molecule is CC[Si](CC)(CC)O[C@H](C[C@H](C)[C@H](O[Si](C)(C)C(C)(C)C)[C@@H]1C[C@H](C)C[C@]2(C[C@H](C)C[C@@H]([C@@H](OCOC)C3(C)OCCO3)O2)O1)[C@H](O)[C@@H](C)[C@H](C/C=C(/C)C(=O)OC)OCc1ccc(OC)cc1. The highest BCUT2D eigenvalue weighted by Gasteiger charge is 2.56. The number of aliphatic hydroxyl groups excluding tert-OH is 1. The van der Waals surface area contributed by atoms with Gasteiger partial charge in [0, 0.05) is 31.4 Å². The first-order valence-electron chi connectivity index (χ1n) is 25.7. The van der Waals surface area contributed by atoms with E-state index in [1.54, 1.807) is 21.1 Å². The summed E-state index contributed by atoms with van der Waals surface area (Å²) in [6, 6.07) is 10.6. The van der Waals surface area contributed by atoms with Crippen molar-refractivity contribution in [1.82, 2.24) is 0 Å². The Morgan fingerprint density at radius 2 is 1.46 bits per heavy atom. The van der Waals surface area contributed by atoms with E-state index in [1.807, 2.05) is 44.2 Å². The predicted octanol–water partition coefficient (Wildman–Crippen LogP) is 11.0. The van der Waals surface area contributed by atoms with Gasteiger partial charge in [-0.05, 0) is 111 Å². The van der Waals surface area contributed by atoms with E-state index in [0.717, 1.165) is 55.1 Å². The fourth-order valence-corrected chi connectivity index (χ4v) is 14.7. The molecule has 1 aromatic carbocycles. The van der Waals surface area contributed by atoms with Crippen LogP contribution in [0.15, 0.2) is 35.9 Å². The van der Waals surface area contributed by atoms with Gasteiger partial charge in [-0.15, -0.1) is 0 Å². The first-order chi connectivity index (χ1) is 31.9. The van der Waals surface area contributed by atoms with E-state index in [1.165, 1.54) is 7.11 Å². The molecule has 15 heteroatoms. The molecule has 392 valence electrons. The molecule has 0 radical (unpaired) electrons. The molecule has 0 aliphatic carbocycles. The van der Waals surface area contributed by atoms with Crippen molar-refractivity contribution < 1.29 is 61.4 Å². The van der Waals surface area contributed by atoms with Crippen molar-refractivity contribution in [1.29, 1.82) is 0 Å². The third kappa shape index (κ3) is 15.4. The van der Waals surface area contributed by atoms with Gasteiger partial charge < -0.3 is 56.6 Å². The van der Waals surface area contributed by atoms with Gasteiger partial charge in [-0.3, -0.25) is 0 Å². The average Bonchev–Trinajstić information content (AvgIpc) is 3.74. The minimum Gasteiger partial charge on any atom is -0.497 e. The Balaban J connectivity index is 1.75. The zero-order valence-corrected chi connectivity index (χ0v) is 47.3. The smallest absolute Gasteiger partial charge is 0.333 e. The number of benzene rings is 1. The lowest BCUT2D eigenvalue weighted by Crippen LogP contribution is -2.61. The van der Waals surface area contributed by atoms with Gasteiger partial charge in [-0.25, -0.2) is 4.79 Å². The number of esters is 1. The van der Waals surface area contributed by atoms with Crippen LogP contribution in [0, 0.1) is 23.7 Å². The predicted molar refractivity (Wildman–Crippen MR) is 271 cm³/mol. The van der Waals surface area contributed by atoms with Gasteiger partial charge in [0.05, 0.1) is 70.7 Å². The van der Waals surface area contributed by atoms with Gasteiger partial charge in [-0.1, -0.05) is 87.4 Å². The lowest BCUT2D eigenvalue weighted by atomic mass is 9.79. The molecule has 1 aromatic rings. The molecule has 0 bridgehead atoms. The molecule has 0 amide bonds. The summed E-state index contributed by atoms with van der Waals surface area (Å²) >= 11 is 0. The summed E-state index contributed by atoms with van der Waals surface area (Å²) in [6.07, 6.45) is 2.45. The van der Waals surface area contributed by atoms with Crippen molar-refractivity contribution in [2.24, 2.45) is 23.7 Å². The van der Waals surface area contributed by atoms with Crippen LogP contribution >= 0.6 is 0 Å². The lowest BCUT2D eigenvalue weighted by Gasteiger charge is -2.54. The largest absolute Gasteiger partial charge is 0.497 e.